The predicted molar refractivity (Wildman–Crippen MR) is 111 cm³/mol. The summed E-state index contributed by atoms with van der Waals surface area (Å²) in [6.45, 7) is 6.09. The zero-order valence-corrected chi connectivity index (χ0v) is 17.9. The molecule has 0 bridgehead atoms. The molecular weight excluding hydrogens is 381 g/mol. The summed E-state index contributed by atoms with van der Waals surface area (Å²) in [5, 5.41) is 3.38. The third-order valence-electron chi connectivity index (χ3n) is 5.33. The minimum absolute atomic E-state index is 0.220. The smallest absolute Gasteiger partial charge is 0.401 e. The van der Waals surface area contributed by atoms with Crippen molar-refractivity contribution in [3.8, 4) is 5.75 Å². The lowest BCUT2D eigenvalue weighted by atomic mass is 10.1. The largest absolute Gasteiger partial charge is 0.496 e. The molecule has 0 spiro atoms. The molecule has 0 saturated carbocycles. The van der Waals surface area contributed by atoms with Gasteiger partial charge in [0.2, 0.25) is 0 Å². The average Bonchev–Trinajstić information content (AvgIpc) is 3.13. The van der Waals surface area contributed by atoms with Crippen LogP contribution in [0.5, 0.6) is 5.75 Å². The molecule has 1 atom stereocenters. The van der Waals surface area contributed by atoms with Crippen LogP contribution >= 0.6 is 0 Å². The molecule has 164 valence electrons. The number of aliphatic imine (C=N–C) groups is 1. The Hall–Kier alpha value is -1.96. The first-order valence-electron chi connectivity index (χ1n) is 10.1. The molecular formula is C21H33F3N4O. The number of ether oxygens (including phenoxy) is 1. The number of alkyl halides is 3. The first-order valence-corrected chi connectivity index (χ1v) is 10.1. The van der Waals surface area contributed by atoms with Gasteiger partial charge in [0.25, 0.3) is 0 Å². The molecule has 0 aromatic heterocycles. The fourth-order valence-electron chi connectivity index (χ4n) is 3.77. The Balaban J connectivity index is 1.82. The van der Waals surface area contributed by atoms with Gasteiger partial charge in [-0.2, -0.15) is 13.2 Å². The van der Waals surface area contributed by atoms with Gasteiger partial charge >= 0.3 is 6.18 Å². The Bertz CT molecular complexity index is 678. The SMILES string of the molecule is CCN(CC1CCN(C(=NC)NCCc2ccc(C)c(OC)c2)C1)CC(F)(F)F. The second kappa shape index (κ2) is 10.7. The van der Waals surface area contributed by atoms with Crippen molar-refractivity contribution in [2.24, 2.45) is 10.9 Å². The summed E-state index contributed by atoms with van der Waals surface area (Å²) in [4.78, 5) is 7.98. The van der Waals surface area contributed by atoms with E-state index in [0.29, 0.717) is 13.1 Å². The Labute approximate surface area is 171 Å². The average molecular weight is 415 g/mol. The van der Waals surface area contributed by atoms with E-state index in [-0.39, 0.29) is 5.92 Å². The van der Waals surface area contributed by atoms with Crippen molar-refractivity contribution in [3.63, 3.8) is 0 Å². The number of methoxy groups -OCH3 is 1. The summed E-state index contributed by atoms with van der Waals surface area (Å²) in [5.41, 5.74) is 2.29. The van der Waals surface area contributed by atoms with Gasteiger partial charge in [-0.25, -0.2) is 0 Å². The first-order chi connectivity index (χ1) is 13.8. The highest BCUT2D eigenvalue weighted by molar-refractivity contribution is 5.80. The normalized spacial score (nSPS) is 17.9. The molecule has 0 amide bonds. The van der Waals surface area contributed by atoms with Gasteiger partial charge in [0.05, 0.1) is 13.7 Å². The molecule has 1 aromatic carbocycles. The number of guanidine groups is 1. The Morgan fingerprint density at radius 3 is 2.76 bits per heavy atom. The summed E-state index contributed by atoms with van der Waals surface area (Å²) in [6, 6.07) is 6.19. The van der Waals surface area contributed by atoms with Crippen molar-refractivity contribution in [2.45, 2.75) is 32.9 Å². The van der Waals surface area contributed by atoms with Crippen LogP contribution in [0.1, 0.15) is 24.5 Å². The number of halogens is 3. The maximum Gasteiger partial charge on any atom is 0.401 e. The Morgan fingerprint density at radius 2 is 2.14 bits per heavy atom. The van der Waals surface area contributed by atoms with Gasteiger partial charge in [0, 0.05) is 33.2 Å². The molecule has 1 heterocycles. The Kier molecular flexibility index (Phi) is 8.61. The Morgan fingerprint density at radius 1 is 1.38 bits per heavy atom. The van der Waals surface area contributed by atoms with E-state index in [2.05, 4.69) is 27.3 Å². The molecule has 8 heteroatoms. The number of hydrogen-bond acceptors (Lipinski definition) is 3. The van der Waals surface area contributed by atoms with Gasteiger partial charge in [-0.15, -0.1) is 0 Å². The zero-order valence-electron chi connectivity index (χ0n) is 17.9. The number of nitrogens with zero attached hydrogens (tertiary/aromatic N) is 3. The van der Waals surface area contributed by atoms with Gasteiger partial charge in [-0.3, -0.25) is 9.89 Å². The van der Waals surface area contributed by atoms with Crippen molar-refractivity contribution in [3.05, 3.63) is 29.3 Å². The maximum absolute atomic E-state index is 12.7. The summed E-state index contributed by atoms with van der Waals surface area (Å²) < 4.78 is 43.4. The van der Waals surface area contributed by atoms with Crippen LogP contribution in [0.2, 0.25) is 0 Å². The topological polar surface area (TPSA) is 40.1 Å². The van der Waals surface area contributed by atoms with E-state index < -0.39 is 12.7 Å². The van der Waals surface area contributed by atoms with Crippen molar-refractivity contribution < 1.29 is 17.9 Å². The van der Waals surface area contributed by atoms with Crippen LogP contribution < -0.4 is 10.1 Å². The monoisotopic (exact) mass is 414 g/mol. The summed E-state index contributed by atoms with van der Waals surface area (Å²) in [7, 11) is 3.41. The first kappa shape index (κ1) is 23.3. The van der Waals surface area contributed by atoms with Crippen LogP contribution in [0.15, 0.2) is 23.2 Å². The van der Waals surface area contributed by atoms with Crippen LogP contribution in [-0.2, 0) is 6.42 Å². The van der Waals surface area contributed by atoms with E-state index in [0.717, 1.165) is 49.7 Å². The number of likely N-dealkylation sites (tertiary alicyclic amines) is 1. The third-order valence-corrected chi connectivity index (χ3v) is 5.33. The van der Waals surface area contributed by atoms with E-state index in [1.54, 1.807) is 21.1 Å². The number of nitrogens with one attached hydrogen (secondary N) is 1. The lowest BCUT2D eigenvalue weighted by Crippen LogP contribution is -2.42. The fourth-order valence-corrected chi connectivity index (χ4v) is 3.77. The van der Waals surface area contributed by atoms with Crippen LogP contribution in [0.25, 0.3) is 0 Å². The molecule has 2 rings (SSSR count). The third kappa shape index (κ3) is 7.42. The van der Waals surface area contributed by atoms with E-state index in [1.165, 1.54) is 10.5 Å². The summed E-state index contributed by atoms with van der Waals surface area (Å²) >= 11 is 0. The number of aryl methyl sites for hydroxylation is 1. The quantitative estimate of drug-likeness (QED) is 0.523. The lowest BCUT2D eigenvalue weighted by molar-refractivity contribution is -0.146. The lowest BCUT2D eigenvalue weighted by Gasteiger charge is -2.26. The highest BCUT2D eigenvalue weighted by Gasteiger charge is 2.32. The molecule has 1 aromatic rings. The number of benzene rings is 1. The molecule has 29 heavy (non-hydrogen) atoms. The molecule has 0 radical (unpaired) electrons. The highest BCUT2D eigenvalue weighted by Crippen LogP contribution is 2.22. The number of rotatable bonds is 8. The van der Waals surface area contributed by atoms with Crippen molar-refractivity contribution in [1.82, 2.24) is 15.1 Å². The molecule has 1 aliphatic heterocycles. The molecule has 1 fully saturated rings. The van der Waals surface area contributed by atoms with Crippen LogP contribution in [-0.4, -0.2) is 75.4 Å². The standard InChI is InChI=1S/C21H33F3N4O/c1-5-27(15-21(22,23)24)13-18-9-11-28(14-18)20(25-3)26-10-8-17-7-6-16(2)19(12-17)29-4/h6-7,12,18H,5,8-11,13-15H2,1-4H3,(H,25,26). The molecule has 1 aliphatic rings. The van der Waals surface area contributed by atoms with Crippen molar-refractivity contribution in [2.75, 3.05) is 53.4 Å². The van der Waals surface area contributed by atoms with E-state index in [1.807, 2.05) is 13.0 Å². The van der Waals surface area contributed by atoms with Gasteiger partial charge < -0.3 is 15.0 Å². The van der Waals surface area contributed by atoms with Crippen molar-refractivity contribution >= 4 is 5.96 Å². The molecule has 0 aliphatic carbocycles. The van der Waals surface area contributed by atoms with Crippen LogP contribution in [0.3, 0.4) is 0 Å². The van der Waals surface area contributed by atoms with Gasteiger partial charge in [0.15, 0.2) is 5.96 Å². The predicted octanol–water partition coefficient (Wildman–Crippen LogP) is 3.33. The van der Waals surface area contributed by atoms with Crippen LogP contribution in [0.4, 0.5) is 13.2 Å². The molecule has 1 unspecified atom stereocenters. The fraction of sp³-hybridized carbons (Fsp3) is 0.667. The van der Waals surface area contributed by atoms with Gasteiger partial charge in [-0.05, 0) is 49.4 Å². The number of hydrogen-bond donors (Lipinski definition) is 1. The minimum Gasteiger partial charge on any atom is -0.496 e. The highest BCUT2D eigenvalue weighted by atomic mass is 19.4. The summed E-state index contributed by atoms with van der Waals surface area (Å²) in [6.07, 6.45) is -2.43. The van der Waals surface area contributed by atoms with E-state index in [9.17, 15) is 13.2 Å². The van der Waals surface area contributed by atoms with E-state index in [4.69, 9.17) is 4.74 Å². The van der Waals surface area contributed by atoms with Crippen LogP contribution in [0, 0.1) is 12.8 Å². The van der Waals surface area contributed by atoms with Gasteiger partial charge in [0.1, 0.15) is 5.75 Å². The minimum atomic E-state index is -4.15. The molecule has 1 N–H and O–H groups in total. The summed E-state index contributed by atoms with van der Waals surface area (Å²) in [5.74, 6) is 1.91. The van der Waals surface area contributed by atoms with Crippen molar-refractivity contribution in [1.29, 1.82) is 0 Å². The van der Waals surface area contributed by atoms with E-state index >= 15 is 0 Å². The molecule has 5 nitrogen and oxygen atoms in total. The zero-order chi connectivity index (χ0) is 21.4. The van der Waals surface area contributed by atoms with Gasteiger partial charge in [-0.1, -0.05) is 19.1 Å². The maximum atomic E-state index is 12.7. The second-order valence-corrected chi connectivity index (χ2v) is 7.57. The second-order valence-electron chi connectivity index (χ2n) is 7.57. The molecule has 1 saturated heterocycles.